The molecule has 1 fully saturated rings. The molecule has 1 saturated heterocycles. The highest BCUT2D eigenvalue weighted by molar-refractivity contribution is 6.33. The summed E-state index contributed by atoms with van der Waals surface area (Å²) in [4.78, 5) is 11.8. The quantitative estimate of drug-likeness (QED) is 0.721. The van der Waals surface area contributed by atoms with E-state index in [1.807, 2.05) is 0 Å². The van der Waals surface area contributed by atoms with Crippen LogP contribution in [0.3, 0.4) is 0 Å². The van der Waals surface area contributed by atoms with Crippen LogP contribution in [0.5, 0.6) is 0 Å². The first-order valence-corrected chi connectivity index (χ1v) is 8.18. The first-order chi connectivity index (χ1) is 12.3. The smallest absolute Gasteiger partial charge is 0.393 e. The average molecular weight is 389 g/mol. The van der Waals surface area contributed by atoms with Crippen LogP contribution >= 0.6 is 11.6 Å². The van der Waals surface area contributed by atoms with Crippen LogP contribution < -0.4 is 16.4 Å². The standard InChI is InChI=1S/C15H16ClF3N6O/c16-10-4-8(15(17,18)19)5-21-12(10)25-14-11(20)13(23-7-24-14)22-6-9-2-1-3-26-9/h4-5,7,9H,1-3,6,20H2,(H2,21,22,23,24,25). The third-order valence-electron chi connectivity index (χ3n) is 3.81. The van der Waals surface area contributed by atoms with E-state index in [4.69, 9.17) is 22.1 Å². The lowest BCUT2D eigenvalue weighted by Gasteiger charge is -2.15. The van der Waals surface area contributed by atoms with Gasteiger partial charge in [-0.25, -0.2) is 15.0 Å². The maximum atomic E-state index is 12.7. The third kappa shape index (κ3) is 4.25. The molecule has 140 valence electrons. The number of aromatic nitrogens is 3. The van der Waals surface area contributed by atoms with E-state index < -0.39 is 11.7 Å². The number of nitrogen functional groups attached to an aromatic ring is 1. The molecule has 0 radical (unpaired) electrons. The molecule has 0 spiro atoms. The van der Waals surface area contributed by atoms with Crippen molar-refractivity contribution in [3.8, 4) is 0 Å². The number of pyridine rings is 1. The van der Waals surface area contributed by atoms with Crippen LogP contribution in [0, 0.1) is 0 Å². The minimum atomic E-state index is -4.53. The van der Waals surface area contributed by atoms with Gasteiger partial charge in [-0.05, 0) is 18.9 Å². The van der Waals surface area contributed by atoms with Crippen LogP contribution in [0.2, 0.25) is 5.02 Å². The highest BCUT2D eigenvalue weighted by atomic mass is 35.5. The molecule has 7 nitrogen and oxygen atoms in total. The minimum Gasteiger partial charge on any atom is -0.393 e. The molecule has 1 atom stereocenters. The zero-order valence-electron chi connectivity index (χ0n) is 13.5. The maximum Gasteiger partial charge on any atom is 0.417 e. The number of nitrogens with two attached hydrogens (primary N) is 1. The van der Waals surface area contributed by atoms with Gasteiger partial charge in [0.05, 0.1) is 16.7 Å². The number of hydrogen-bond donors (Lipinski definition) is 3. The van der Waals surface area contributed by atoms with Gasteiger partial charge in [0.15, 0.2) is 11.6 Å². The van der Waals surface area contributed by atoms with Crippen molar-refractivity contribution in [2.75, 3.05) is 29.5 Å². The predicted molar refractivity (Wildman–Crippen MR) is 91.4 cm³/mol. The molecule has 2 aromatic heterocycles. The van der Waals surface area contributed by atoms with Crippen molar-refractivity contribution in [1.82, 2.24) is 15.0 Å². The topological polar surface area (TPSA) is 98.0 Å². The van der Waals surface area contributed by atoms with Crippen LogP contribution in [-0.4, -0.2) is 34.2 Å². The molecule has 26 heavy (non-hydrogen) atoms. The van der Waals surface area contributed by atoms with E-state index in [9.17, 15) is 13.2 Å². The average Bonchev–Trinajstić information content (AvgIpc) is 3.10. The number of anilines is 4. The molecule has 1 aliphatic heterocycles. The van der Waals surface area contributed by atoms with Gasteiger partial charge >= 0.3 is 6.18 Å². The lowest BCUT2D eigenvalue weighted by atomic mass is 10.2. The molecule has 3 rings (SSSR count). The number of nitrogens with zero attached hydrogens (tertiary/aromatic N) is 3. The van der Waals surface area contributed by atoms with Gasteiger partial charge in [-0.3, -0.25) is 0 Å². The zero-order chi connectivity index (χ0) is 18.7. The van der Waals surface area contributed by atoms with Crippen molar-refractivity contribution in [2.45, 2.75) is 25.1 Å². The summed E-state index contributed by atoms with van der Waals surface area (Å²) in [5.74, 6) is 0.583. The summed E-state index contributed by atoms with van der Waals surface area (Å²) in [7, 11) is 0. The monoisotopic (exact) mass is 388 g/mol. The number of rotatable bonds is 5. The Balaban J connectivity index is 1.74. The van der Waals surface area contributed by atoms with Gasteiger partial charge in [0.1, 0.15) is 17.8 Å². The molecule has 1 aliphatic rings. The third-order valence-corrected chi connectivity index (χ3v) is 4.10. The molecule has 4 N–H and O–H groups in total. The second-order valence-corrected chi connectivity index (χ2v) is 6.08. The predicted octanol–water partition coefficient (Wildman–Crippen LogP) is 3.46. The number of ether oxygens (including phenoxy) is 1. The Morgan fingerprint density at radius 3 is 2.65 bits per heavy atom. The molecule has 0 amide bonds. The fraction of sp³-hybridized carbons (Fsp3) is 0.400. The SMILES string of the molecule is Nc1c(NCC2CCCO2)ncnc1Nc1ncc(C(F)(F)F)cc1Cl. The first-order valence-electron chi connectivity index (χ1n) is 7.80. The molecule has 11 heteroatoms. The largest absolute Gasteiger partial charge is 0.417 e. The normalized spacial score (nSPS) is 17.3. The van der Waals surface area contributed by atoms with Crippen molar-refractivity contribution in [3.05, 3.63) is 29.2 Å². The molecular weight excluding hydrogens is 373 g/mol. The molecule has 1 unspecified atom stereocenters. The summed E-state index contributed by atoms with van der Waals surface area (Å²) in [6.07, 6.45) is -0.518. The van der Waals surface area contributed by atoms with E-state index in [-0.39, 0.29) is 28.4 Å². The van der Waals surface area contributed by atoms with E-state index in [1.54, 1.807) is 0 Å². The zero-order valence-corrected chi connectivity index (χ0v) is 14.2. The van der Waals surface area contributed by atoms with Crippen LogP contribution in [0.4, 0.5) is 36.3 Å². The van der Waals surface area contributed by atoms with E-state index in [0.29, 0.717) is 18.6 Å². The molecule has 0 bridgehead atoms. The van der Waals surface area contributed by atoms with Crippen LogP contribution in [-0.2, 0) is 10.9 Å². The van der Waals surface area contributed by atoms with E-state index in [2.05, 4.69) is 25.6 Å². The lowest BCUT2D eigenvalue weighted by Crippen LogP contribution is -2.20. The Morgan fingerprint density at radius 1 is 1.23 bits per heavy atom. The van der Waals surface area contributed by atoms with Gasteiger partial charge in [-0.1, -0.05) is 11.6 Å². The van der Waals surface area contributed by atoms with Crippen molar-refractivity contribution in [1.29, 1.82) is 0 Å². The van der Waals surface area contributed by atoms with E-state index in [1.165, 1.54) is 6.33 Å². The fourth-order valence-corrected chi connectivity index (χ4v) is 2.66. The summed E-state index contributed by atoms with van der Waals surface area (Å²) in [5, 5.41) is 5.61. The summed E-state index contributed by atoms with van der Waals surface area (Å²) >= 11 is 5.88. The van der Waals surface area contributed by atoms with Gasteiger partial charge < -0.3 is 21.1 Å². The lowest BCUT2D eigenvalue weighted by molar-refractivity contribution is -0.137. The maximum absolute atomic E-state index is 12.7. The van der Waals surface area contributed by atoms with Gasteiger partial charge in [-0.15, -0.1) is 0 Å². The van der Waals surface area contributed by atoms with Crippen molar-refractivity contribution in [2.24, 2.45) is 0 Å². The number of halogens is 4. The second kappa shape index (κ2) is 7.50. The molecular formula is C15H16ClF3N6O. The molecule has 3 heterocycles. The molecule has 0 aliphatic carbocycles. The second-order valence-electron chi connectivity index (χ2n) is 5.68. The highest BCUT2D eigenvalue weighted by Crippen LogP contribution is 2.34. The van der Waals surface area contributed by atoms with Crippen LogP contribution in [0.25, 0.3) is 0 Å². The molecule has 0 aromatic carbocycles. The summed E-state index contributed by atoms with van der Waals surface area (Å²) < 4.78 is 43.5. The van der Waals surface area contributed by atoms with E-state index in [0.717, 1.165) is 25.5 Å². The van der Waals surface area contributed by atoms with Gasteiger partial charge in [-0.2, -0.15) is 13.2 Å². The fourth-order valence-electron chi connectivity index (χ4n) is 2.45. The van der Waals surface area contributed by atoms with E-state index >= 15 is 0 Å². The molecule has 2 aromatic rings. The first kappa shape index (κ1) is 18.5. The number of hydrogen-bond acceptors (Lipinski definition) is 7. The van der Waals surface area contributed by atoms with Gasteiger partial charge in [0.25, 0.3) is 0 Å². The van der Waals surface area contributed by atoms with Gasteiger partial charge in [0.2, 0.25) is 0 Å². The van der Waals surface area contributed by atoms with Crippen molar-refractivity contribution < 1.29 is 17.9 Å². The van der Waals surface area contributed by atoms with Crippen molar-refractivity contribution >= 4 is 34.7 Å². The highest BCUT2D eigenvalue weighted by Gasteiger charge is 2.31. The van der Waals surface area contributed by atoms with Crippen molar-refractivity contribution in [3.63, 3.8) is 0 Å². The summed E-state index contributed by atoms with van der Waals surface area (Å²) in [5.41, 5.74) is 5.28. The summed E-state index contributed by atoms with van der Waals surface area (Å²) in [6.45, 7) is 1.27. The van der Waals surface area contributed by atoms with Gasteiger partial charge in [0, 0.05) is 19.3 Å². The number of alkyl halides is 3. The number of nitrogens with one attached hydrogen (secondary N) is 2. The Morgan fingerprint density at radius 2 is 2.00 bits per heavy atom. The minimum absolute atomic E-state index is 0.00939. The summed E-state index contributed by atoms with van der Waals surface area (Å²) in [6, 6.07) is 0.783. The molecule has 0 saturated carbocycles. The Labute approximate surface area is 152 Å². The van der Waals surface area contributed by atoms with Crippen LogP contribution in [0.15, 0.2) is 18.6 Å². The Kier molecular flexibility index (Phi) is 5.33. The Hall–Kier alpha value is -2.33. The van der Waals surface area contributed by atoms with Crippen LogP contribution in [0.1, 0.15) is 18.4 Å². The Bertz CT molecular complexity index is 782.